The molecule has 0 fully saturated rings. The molecule has 2 aromatic rings. The highest BCUT2D eigenvalue weighted by atomic mass is 35.5. The highest BCUT2D eigenvalue weighted by Gasteiger charge is 2.00. The van der Waals surface area contributed by atoms with Gasteiger partial charge in [0, 0.05) is 28.4 Å². The number of nitrogens with zero attached hydrogens (tertiary/aromatic N) is 1. The molecule has 2 rings (SSSR count). The minimum atomic E-state index is 0.499. The van der Waals surface area contributed by atoms with E-state index in [0.717, 1.165) is 22.3 Å². The number of hydrogen-bond donors (Lipinski definition) is 2. The molecule has 5 heteroatoms. The number of aromatic nitrogens is 2. The van der Waals surface area contributed by atoms with Gasteiger partial charge in [-0.25, -0.2) is 4.98 Å². The molecule has 1 aromatic heterocycles. The number of nitrogens with one attached hydrogen (secondary N) is 1. The molecule has 0 aliphatic heterocycles. The highest BCUT2D eigenvalue weighted by Crippen LogP contribution is 2.23. The molecule has 0 atom stereocenters. The van der Waals surface area contributed by atoms with Crippen LogP contribution in [-0.2, 0) is 12.3 Å². The van der Waals surface area contributed by atoms with Crippen LogP contribution >= 0.6 is 23.4 Å². The van der Waals surface area contributed by atoms with Gasteiger partial charge in [-0.1, -0.05) is 11.6 Å². The van der Waals surface area contributed by atoms with E-state index in [-0.39, 0.29) is 0 Å². The van der Waals surface area contributed by atoms with Gasteiger partial charge in [0.25, 0.3) is 0 Å². The fourth-order valence-electron chi connectivity index (χ4n) is 1.27. The average Bonchev–Trinajstić information content (AvgIpc) is 2.76. The minimum Gasteiger partial charge on any atom is -0.344 e. The maximum absolute atomic E-state index is 5.81. The molecule has 0 amide bonds. The Morgan fingerprint density at radius 3 is 2.69 bits per heavy atom. The molecule has 3 nitrogen and oxygen atoms in total. The summed E-state index contributed by atoms with van der Waals surface area (Å²) in [6.45, 7) is 0.499. The molecule has 0 aliphatic carbocycles. The van der Waals surface area contributed by atoms with Gasteiger partial charge in [0.05, 0.1) is 5.75 Å². The normalized spacial score (nSPS) is 10.6. The van der Waals surface area contributed by atoms with Crippen LogP contribution in [0.15, 0.2) is 35.4 Å². The lowest BCUT2D eigenvalue weighted by atomic mass is 10.4. The second-order valence-corrected chi connectivity index (χ2v) is 4.79. The van der Waals surface area contributed by atoms with Crippen molar-refractivity contribution in [3.05, 3.63) is 47.0 Å². The Hall–Kier alpha value is -0.970. The molecule has 0 spiro atoms. The number of imidazole rings is 1. The number of rotatable bonds is 4. The number of benzene rings is 1. The van der Waals surface area contributed by atoms with Gasteiger partial charge in [0.1, 0.15) is 5.82 Å². The SMILES string of the molecule is NCc1cnc(CSc2ccc(Cl)cc2)[nH]1. The van der Waals surface area contributed by atoms with E-state index < -0.39 is 0 Å². The third-order valence-electron chi connectivity index (χ3n) is 2.09. The molecule has 0 saturated heterocycles. The Labute approximate surface area is 103 Å². The van der Waals surface area contributed by atoms with Crippen LogP contribution in [0.2, 0.25) is 5.02 Å². The van der Waals surface area contributed by atoms with Crippen LogP contribution in [-0.4, -0.2) is 9.97 Å². The Kier molecular flexibility index (Phi) is 3.88. The zero-order chi connectivity index (χ0) is 11.4. The van der Waals surface area contributed by atoms with Crippen molar-refractivity contribution >= 4 is 23.4 Å². The quantitative estimate of drug-likeness (QED) is 0.824. The third kappa shape index (κ3) is 3.01. The predicted octanol–water partition coefficient (Wildman–Crippen LogP) is 2.81. The molecule has 0 bridgehead atoms. The zero-order valence-electron chi connectivity index (χ0n) is 8.61. The van der Waals surface area contributed by atoms with E-state index in [1.165, 1.54) is 4.90 Å². The standard InChI is InChI=1S/C11H12ClN3S/c12-8-1-3-10(4-2-8)16-7-11-14-6-9(5-13)15-11/h1-4,6H,5,7,13H2,(H,14,15). The maximum atomic E-state index is 5.81. The van der Waals surface area contributed by atoms with Crippen molar-refractivity contribution < 1.29 is 0 Å². The van der Waals surface area contributed by atoms with Gasteiger partial charge in [-0.15, -0.1) is 11.8 Å². The second-order valence-electron chi connectivity index (χ2n) is 3.30. The molecule has 16 heavy (non-hydrogen) atoms. The van der Waals surface area contributed by atoms with Crippen molar-refractivity contribution in [3.8, 4) is 0 Å². The van der Waals surface area contributed by atoms with Gasteiger partial charge in [0.2, 0.25) is 0 Å². The maximum Gasteiger partial charge on any atom is 0.116 e. The molecule has 1 heterocycles. The number of H-pyrrole nitrogens is 1. The van der Waals surface area contributed by atoms with Gasteiger partial charge in [-0.05, 0) is 24.3 Å². The van der Waals surface area contributed by atoms with E-state index in [1.807, 2.05) is 24.3 Å². The topological polar surface area (TPSA) is 54.7 Å². The van der Waals surface area contributed by atoms with Crippen LogP contribution in [0.4, 0.5) is 0 Å². The average molecular weight is 254 g/mol. The van der Waals surface area contributed by atoms with Gasteiger partial charge in [-0.2, -0.15) is 0 Å². The van der Waals surface area contributed by atoms with E-state index in [9.17, 15) is 0 Å². The van der Waals surface area contributed by atoms with Crippen LogP contribution in [0, 0.1) is 0 Å². The van der Waals surface area contributed by atoms with E-state index in [0.29, 0.717) is 6.54 Å². The first-order valence-electron chi connectivity index (χ1n) is 4.89. The van der Waals surface area contributed by atoms with Gasteiger partial charge in [0.15, 0.2) is 0 Å². The summed E-state index contributed by atoms with van der Waals surface area (Å²) < 4.78 is 0. The first-order valence-corrected chi connectivity index (χ1v) is 6.25. The summed E-state index contributed by atoms with van der Waals surface area (Å²) in [5, 5.41) is 0.757. The summed E-state index contributed by atoms with van der Waals surface area (Å²) in [6, 6.07) is 7.77. The largest absolute Gasteiger partial charge is 0.344 e. The van der Waals surface area contributed by atoms with Crippen molar-refractivity contribution in [2.75, 3.05) is 0 Å². The molecular formula is C11H12ClN3S. The molecule has 0 saturated carbocycles. The van der Waals surface area contributed by atoms with Gasteiger partial charge in [-0.3, -0.25) is 0 Å². The lowest BCUT2D eigenvalue weighted by molar-refractivity contribution is 0.993. The first kappa shape index (κ1) is 11.5. The zero-order valence-corrected chi connectivity index (χ0v) is 10.2. The van der Waals surface area contributed by atoms with E-state index >= 15 is 0 Å². The molecule has 0 radical (unpaired) electrons. The fraction of sp³-hybridized carbons (Fsp3) is 0.182. The Morgan fingerprint density at radius 1 is 1.31 bits per heavy atom. The summed E-state index contributed by atoms with van der Waals surface area (Å²) in [7, 11) is 0. The number of nitrogens with two attached hydrogens (primary N) is 1. The predicted molar refractivity (Wildman–Crippen MR) is 67.5 cm³/mol. The number of aromatic amines is 1. The number of thioether (sulfide) groups is 1. The number of hydrogen-bond acceptors (Lipinski definition) is 3. The van der Waals surface area contributed by atoms with Crippen molar-refractivity contribution in [2.24, 2.45) is 5.73 Å². The Morgan fingerprint density at radius 2 is 2.06 bits per heavy atom. The molecular weight excluding hydrogens is 242 g/mol. The highest BCUT2D eigenvalue weighted by molar-refractivity contribution is 7.98. The smallest absolute Gasteiger partial charge is 0.116 e. The lowest BCUT2D eigenvalue weighted by Gasteiger charge is -1.99. The fourth-order valence-corrected chi connectivity index (χ4v) is 2.17. The van der Waals surface area contributed by atoms with Gasteiger partial charge < -0.3 is 10.7 Å². The summed E-state index contributed by atoms with van der Waals surface area (Å²) >= 11 is 7.52. The summed E-state index contributed by atoms with van der Waals surface area (Å²) in [6.07, 6.45) is 1.78. The Balaban J connectivity index is 1.94. The third-order valence-corrected chi connectivity index (χ3v) is 3.37. The van der Waals surface area contributed by atoms with E-state index in [2.05, 4.69) is 9.97 Å². The van der Waals surface area contributed by atoms with Crippen LogP contribution in [0.1, 0.15) is 11.5 Å². The van der Waals surface area contributed by atoms with Crippen LogP contribution in [0.25, 0.3) is 0 Å². The van der Waals surface area contributed by atoms with Crippen molar-refractivity contribution in [3.63, 3.8) is 0 Å². The van der Waals surface area contributed by atoms with Crippen molar-refractivity contribution in [1.29, 1.82) is 0 Å². The monoisotopic (exact) mass is 253 g/mol. The van der Waals surface area contributed by atoms with Crippen molar-refractivity contribution in [2.45, 2.75) is 17.2 Å². The molecule has 3 N–H and O–H groups in total. The van der Waals surface area contributed by atoms with Gasteiger partial charge >= 0.3 is 0 Å². The molecule has 84 valence electrons. The second kappa shape index (κ2) is 5.39. The van der Waals surface area contributed by atoms with Crippen LogP contribution in [0.3, 0.4) is 0 Å². The van der Waals surface area contributed by atoms with Crippen LogP contribution in [0.5, 0.6) is 0 Å². The molecule has 0 unspecified atom stereocenters. The first-order chi connectivity index (χ1) is 7.78. The van der Waals surface area contributed by atoms with Crippen molar-refractivity contribution in [1.82, 2.24) is 9.97 Å². The summed E-state index contributed by atoms with van der Waals surface area (Å²) in [5.74, 6) is 1.75. The van der Waals surface area contributed by atoms with E-state index in [1.54, 1.807) is 18.0 Å². The molecule has 0 aliphatic rings. The van der Waals surface area contributed by atoms with E-state index in [4.69, 9.17) is 17.3 Å². The lowest BCUT2D eigenvalue weighted by Crippen LogP contribution is -1.96. The molecule has 1 aromatic carbocycles. The minimum absolute atomic E-state index is 0.499. The Bertz CT molecular complexity index is 453. The summed E-state index contributed by atoms with van der Waals surface area (Å²) in [5.41, 5.74) is 6.46. The summed E-state index contributed by atoms with van der Waals surface area (Å²) in [4.78, 5) is 8.57. The van der Waals surface area contributed by atoms with Crippen LogP contribution < -0.4 is 5.73 Å². The number of halogens is 1.